The Labute approximate surface area is 168 Å². The lowest BCUT2D eigenvalue weighted by Crippen LogP contribution is -2.43. The van der Waals surface area contributed by atoms with Crippen molar-refractivity contribution in [2.24, 2.45) is 0 Å². The summed E-state index contributed by atoms with van der Waals surface area (Å²) in [5, 5.41) is 3.41. The maximum Gasteiger partial charge on any atom is 0.247 e. The molecule has 1 N–H and O–H groups in total. The molecule has 0 aliphatic carbocycles. The molecule has 138 valence electrons. The number of nitrogens with zero attached hydrogens (tertiary/aromatic N) is 1. The van der Waals surface area contributed by atoms with Gasteiger partial charge in [0.15, 0.2) is 0 Å². The van der Waals surface area contributed by atoms with E-state index >= 15 is 0 Å². The van der Waals surface area contributed by atoms with Crippen LogP contribution in [0.1, 0.15) is 17.3 Å². The number of halogens is 1. The van der Waals surface area contributed by atoms with Crippen molar-refractivity contribution in [1.29, 1.82) is 0 Å². The van der Waals surface area contributed by atoms with Crippen molar-refractivity contribution in [3.05, 3.63) is 94.5 Å². The molecule has 0 aromatic heterocycles. The molecule has 3 aromatic carbocycles. The van der Waals surface area contributed by atoms with Crippen molar-refractivity contribution in [2.45, 2.75) is 17.5 Å². The SMILES string of the molecule is O=S1(=O)c2ccccc2N[C@@H](c2ccc(Br)cc2)N1CCc1ccccc1. The zero-order valence-corrected chi connectivity index (χ0v) is 16.9. The number of anilines is 1. The zero-order chi connectivity index (χ0) is 18.9. The second-order valence-electron chi connectivity index (χ2n) is 6.45. The Kier molecular flexibility index (Phi) is 5.04. The number of hydrogen-bond donors (Lipinski definition) is 1. The van der Waals surface area contributed by atoms with Gasteiger partial charge in [-0.05, 0) is 41.8 Å². The summed E-state index contributed by atoms with van der Waals surface area (Å²) in [4.78, 5) is 0.325. The highest BCUT2D eigenvalue weighted by Gasteiger charge is 2.38. The summed E-state index contributed by atoms with van der Waals surface area (Å²) in [7, 11) is -3.60. The van der Waals surface area contributed by atoms with Gasteiger partial charge in [-0.3, -0.25) is 0 Å². The molecule has 0 bridgehead atoms. The highest BCUT2D eigenvalue weighted by Crippen LogP contribution is 2.38. The summed E-state index contributed by atoms with van der Waals surface area (Å²) < 4.78 is 29.2. The first-order valence-corrected chi connectivity index (χ1v) is 11.0. The number of rotatable bonds is 4. The Morgan fingerprint density at radius 3 is 2.30 bits per heavy atom. The fourth-order valence-electron chi connectivity index (χ4n) is 3.32. The number of sulfonamides is 1. The third-order valence-electron chi connectivity index (χ3n) is 4.70. The topological polar surface area (TPSA) is 49.4 Å². The van der Waals surface area contributed by atoms with E-state index in [0.717, 1.165) is 15.6 Å². The Hall–Kier alpha value is -2.15. The highest BCUT2D eigenvalue weighted by molar-refractivity contribution is 9.10. The average molecular weight is 443 g/mol. The van der Waals surface area contributed by atoms with Gasteiger partial charge in [-0.2, -0.15) is 4.31 Å². The molecular formula is C21H19BrN2O2S. The molecule has 1 atom stereocenters. The molecule has 1 aliphatic heterocycles. The van der Waals surface area contributed by atoms with Crippen molar-refractivity contribution in [3.63, 3.8) is 0 Å². The van der Waals surface area contributed by atoms with Gasteiger partial charge in [0.1, 0.15) is 11.1 Å². The molecule has 0 radical (unpaired) electrons. The van der Waals surface area contributed by atoms with E-state index in [2.05, 4.69) is 21.2 Å². The summed E-state index contributed by atoms with van der Waals surface area (Å²) in [6.07, 6.45) is 0.207. The molecule has 0 saturated heterocycles. The summed E-state index contributed by atoms with van der Waals surface area (Å²) in [5.74, 6) is 0. The van der Waals surface area contributed by atoms with Gasteiger partial charge in [-0.15, -0.1) is 0 Å². The van der Waals surface area contributed by atoms with Crippen LogP contribution < -0.4 is 5.32 Å². The van der Waals surface area contributed by atoms with Crippen molar-refractivity contribution < 1.29 is 8.42 Å². The molecule has 1 aliphatic rings. The third-order valence-corrected chi connectivity index (χ3v) is 7.15. The normalized spacial score (nSPS) is 18.5. The molecule has 0 amide bonds. The van der Waals surface area contributed by atoms with Crippen LogP contribution >= 0.6 is 15.9 Å². The van der Waals surface area contributed by atoms with Gasteiger partial charge >= 0.3 is 0 Å². The Morgan fingerprint density at radius 1 is 0.889 bits per heavy atom. The van der Waals surface area contributed by atoms with Crippen molar-refractivity contribution >= 4 is 31.6 Å². The Morgan fingerprint density at radius 2 is 1.56 bits per heavy atom. The fraction of sp³-hybridized carbons (Fsp3) is 0.143. The van der Waals surface area contributed by atoms with E-state index in [1.54, 1.807) is 16.4 Å². The van der Waals surface area contributed by atoms with E-state index in [1.807, 2.05) is 66.7 Å². The number of hydrogen-bond acceptors (Lipinski definition) is 3. The highest BCUT2D eigenvalue weighted by atomic mass is 79.9. The monoisotopic (exact) mass is 442 g/mol. The molecule has 27 heavy (non-hydrogen) atoms. The first-order chi connectivity index (χ1) is 13.1. The van der Waals surface area contributed by atoms with E-state index in [9.17, 15) is 8.42 Å². The van der Waals surface area contributed by atoms with Crippen LogP contribution in [0.2, 0.25) is 0 Å². The molecule has 0 spiro atoms. The van der Waals surface area contributed by atoms with E-state index < -0.39 is 16.2 Å². The predicted molar refractivity (Wildman–Crippen MR) is 111 cm³/mol. The molecule has 4 rings (SSSR count). The van der Waals surface area contributed by atoms with E-state index in [-0.39, 0.29) is 0 Å². The van der Waals surface area contributed by atoms with Gasteiger partial charge in [0.05, 0.1) is 5.69 Å². The third kappa shape index (κ3) is 3.65. The fourth-order valence-corrected chi connectivity index (χ4v) is 5.28. The van der Waals surface area contributed by atoms with Crippen molar-refractivity contribution in [1.82, 2.24) is 4.31 Å². The first-order valence-electron chi connectivity index (χ1n) is 8.72. The van der Waals surface area contributed by atoms with Crippen LogP contribution in [0, 0.1) is 0 Å². The molecule has 0 saturated carbocycles. The molecule has 0 fully saturated rings. The maximum absolute atomic E-state index is 13.4. The molecule has 0 unspecified atom stereocenters. The largest absolute Gasteiger partial charge is 0.364 e. The molecule has 4 nitrogen and oxygen atoms in total. The van der Waals surface area contributed by atoms with Gasteiger partial charge in [0.2, 0.25) is 10.0 Å². The second kappa shape index (κ2) is 7.46. The number of benzene rings is 3. The Balaban J connectivity index is 1.74. The van der Waals surface area contributed by atoms with E-state index in [4.69, 9.17) is 0 Å². The van der Waals surface area contributed by atoms with Crippen LogP contribution in [0.15, 0.2) is 88.2 Å². The quantitative estimate of drug-likeness (QED) is 0.630. The van der Waals surface area contributed by atoms with Crippen molar-refractivity contribution in [3.8, 4) is 0 Å². The van der Waals surface area contributed by atoms with Crippen LogP contribution in [0.25, 0.3) is 0 Å². The van der Waals surface area contributed by atoms with Crippen LogP contribution in [0.3, 0.4) is 0 Å². The standard InChI is InChI=1S/C21H19BrN2O2S/c22-18-12-10-17(11-13-18)21-23-19-8-4-5-9-20(19)27(25,26)24(21)15-14-16-6-2-1-3-7-16/h1-13,21,23H,14-15H2/t21-/m1/s1. The summed E-state index contributed by atoms with van der Waals surface area (Å²) in [5.41, 5.74) is 2.66. The molecule has 3 aromatic rings. The summed E-state index contributed by atoms with van der Waals surface area (Å²) in [6.45, 7) is 0.397. The van der Waals surface area contributed by atoms with Gasteiger partial charge in [0.25, 0.3) is 0 Å². The van der Waals surface area contributed by atoms with Crippen molar-refractivity contribution in [2.75, 3.05) is 11.9 Å². The number of para-hydroxylation sites is 1. The molecular weight excluding hydrogens is 424 g/mol. The summed E-state index contributed by atoms with van der Waals surface area (Å²) in [6, 6.07) is 24.8. The molecule has 6 heteroatoms. The van der Waals surface area contributed by atoms with Gasteiger partial charge in [-0.25, -0.2) is 8.42 Å². The van der Waals surface area contributed by atoms with Gasteiger partial charge < -0.3 is 5.32 Å². The minimum absolute atomic E-state index is 0.325. The minimum atomic E-state index is -3.60. The van der Waals surface area contributed by atoms with Gasteiger partial charge in [0, 0.05) is 11.0 Å². The van der Waals surface area contributed by atoms with Crippen LogP contribution in [-0.4, -0.2) is 19.3 Å². The lowest BCUT2D eigenvalue weighted by molar-refractivity contribution is 0.345. The minimum Gasteiger partial charge on any atom is -0.364 e. The average Bonchev–Trinajstić information content (AvgIpc) is 2.68. The van der Waals surface area contributed by atoms with Crippen LogP contribution in [0.5, 0.6) is 0 Å². The van der Waals surface area contributed by atoms with Crippen LogP contribution in [-0.2, 0) is 16.4 Å². The smallest absolute Gasteiger partial charge is 0.247 e. The molecule has 1 heterocycles. The first kappa shape index (κ1) is 18.2. The maximum atomic E-state index is 13.4. The lowest BCUT2D eigenvalue weighted by Gasteiger charge is -2.37. The predicted octanol–water partition coefficient (Wildman–Crippen LogP) is 4.81. The van der Waals surface area contributed by atoms with E-state index in [0.29, 0.717) is 23.5 Å². The second-order valence-corrected chi connectivity index (χ2v) is 9.22. The summed E-state index contributed by atoms with van der Waals surface area (Å²) >= 11 is 3.44. The van der Waals surface area contributed by atoms with E-state index in [1.165, 1.54) is 0 Å². The number of fused-ring (bicyclic) bond motifs is 1. The number of nitrogens with one attached hydrogen (secondary N) is 1. The van der Waals surface area contributed by atoms with Crippen LogP contribution in [0.4, 0.5) is 5.69 Å². The zero-order valence-electron chi connectivity index (χ0n) is 14.5. The lowest BCUT2D eigenvalue weighted by atomic mass is 10.1. The Bertz CT molecular complexity index is 1040. The van der Waals surface area contributed by atoms with Gasteiger partial charge in [-0.1, -0.05) is 70.5 Å².